The average Bonchev–Trinajstić information content (AvgIpc) is 2.31. The second-order valence-corrected chi connectivity index (χ2v) is 4.30. The van der Waals surface area contributed by atoms with Gasteiger partial charge < -0.3 is 9.80 Å². The molecule has 1 amide bonds. The van der Waals surface area contributed by atoms with Crippen LogP contribution in [0.4, 0.5) is 11.5 Å². The molecular weight excluding hydrogens is 240 g/mol. The number of amides is 1. The van der Waals surface area contributed by atoms with Gasteiger partial charge >= 0.3 is 0 Å². The van der Waals surface area contributed by atoms with E-state index in [0.29, 0.717) is 6.54 Å². The van der Waals surface area contributed by atoms with Crippen LogP contribution in [0.1, 0.15) is 20.3 Å². The predicted octanol–water partition coefficient (Wildman–Crippen LogP) is 1.71. The molecule has 0 N–H and O–H groups in total. The first kappa shape index (κ1) is 12.1. The number of rotatable bonds is 2. The number of anilines is 2. The SMILES string of the molecule is CC[C@H]1C(=O)N(CC)c2cnc(Cl)nc2N1C. The smallest absolute Gasteiger partial charge is 0.249 e. The molecule has 92 valence electrons. The minimum absolute atomic E-state index is 0.0934. The third-order valence-electron chi connectivity index (χ3n) is 3.07. The van der Waals surface area contributed by atoms with E-state index >= 15 is 0 Å². The van der Waals surface area contributed by atoms with Crippen LogP contribution in [0.25, 0.3) is 0 Å². The molecule has 0 bridgehead atoms. The molecule has 2 heterocycles. The summed E-state index contributed by atoms with van der Waals surface area (Å²) in [7, 11) is 1.86. The summed E-state index contributed by atoms with van der Waals surface area (Å²) in [6.45, 7) is 4.54. The monoisotopic (exact) mass is 254 g/mol. The number of hydrogen-bond acceptors (Lipinski definition) is 4. The normalized spacial score (nSPS) is 19.5. The summed E-state index contributed by atoms with van der Waals surface area (Å²) >= 11 is 5.81. The van der Waals surface area contributed by atoms with Crippen molar-refractivity contribution in [3.8, 4) is 0 Å². The molecule has 0 aromatic carbocycles. The second kappa shape index (κ2) is 4.49. The third kappa shape index (κ3) is 1.84. The molecule has 0 aliphatic carbocycles. The van der Waals surface area contributed by atoms with Crippen molar-refractivity contribution in [2.24, 2.45) is 0 Å². The first-order valence-electron chi connectivity index (χ1n) is 5.66. The van der Waals surface area contributed by atoms with Crippen molar-refractivity contribution in [2.45, 2.75) is 26.3 Å². The highest BCUT2D eigenvalue weighted by Gasteiger charge is 2.35. The molecular formula is C11H15ClN4O. The van der Waals surface area contributed by atoms with Gasteiger partial charge in [-0.1, -0.05) is 6.92 Å². The van der Waals surface area contributed by atoms with E-state index in [4.69, 9.17) is 11.6 Å². The second-order valence-electron chi connectivity index (χ2n) is 3.97. The van der Waals surface area contributed by atoms with E-state index in [1.807, 2.05) is 25.8 Å². The molecule has 0 fully saturated rings. The van der Waals surface area contributed by atoms with Gasteiger partial charge in [0.1, 0.15) is 11.7 Å². The zero-order valence-electron chi connectivity index (χ0n) is 10.1. The van der Waals surface area contributed by atoms with Crippen LogP contribution in [-0.4, -0.2) is 35.5 Å². The van der Waals surface area contributed by atoms with E-state index in [9.17, 15) is 4.79 Å². The molecule has 0 unspecified atom stereocenters. The van der Waals surface area contributed by atoms with Crippen molar-refractivity contribution in [1.29, 1.82) is 0 Å². The van der Waals surface area contributed by atoms with E-state index in [2.05, 4.69) is 9.97 Å². The van der Waals surface area contributed by atoms with E-state index in [-0.39, 0.29) is 17.2 Å². The maximum atomic E-state index is 12.2. The first-order chi connectivity index (χ1) is 8.10. The van der Waals surface area contributed by atoms with Crippen LogP contribution in [0.3, 0.4) is 0 Å². The topological polar surface area (TPSA) is 49.3 Å². The highest BCUT2D eigenvalue weighted by atomic mass is 35.5. The Morgan fingerprint density at radius 3 is 2.76 bits per heavy atom. The Bertz CT molecular complexity index is 451. The van der Waals surface area contributed by atoms with Crippen molar-refractivity contribution >= 4 is 29.0 Å². The summed E-state index contributed by atoms with van der Waals surface area (Å²) in [6, 6.07) is -0.173. The van der Waals surface area contributed by atoms with Gasteiger partial charge in [-0.05, 0) is 24.9 Å². The lowest BCUT2D eigenvalue weighted by molar-refractivity contribution is -0.120. The first-order valence-corrected chi connectivity index (χ1v) is 6.04. The molecule has 6 heteroatoms. The van der Waals surface area contributed by atoms with Crippen LogP contribution < -0.4 is 9.80 Å². The molecule has 2 rings (SSSR count). The Morgan fingerprint density at radius 2 is 2.18 bits per heavy atom. The van der Waals surface area contributed by atoms with E-state index < -0.39 is 0 Å². The number of carbonyl (C=O) groups excluding carboxylic acids is 1. The lowest BCUT2D eigenvalue weighted by atomic mass is 10.1. The molecule has 1 aliphatic heterocycles. The van der Waals surface area contributed by atoms with Gasteiger partial charge in [-0.3, -0.25) is 4.79 Å². The number of likely N-dealkylation sites (N-methyl/N-ethyl adjacent to an activating group) is 2. The Labute approximate surface area is 105 Å². The number of aromatic nitrogens is 2. The van der Waals surface area contributed by atoms with Crippen molar-refractivity contribution < 1.29 is 4.79 Å². The zero-order chi connectivity index (χ0) is 12.6. The maximum Gasteiger partial charge on any atom is 0.249 e. The lowest BCUT2D eigenvalue weighted by Gasteiger charge is -2.39. The van der Waals surface area contributed by atoms with Crippen molar-refractivity contribution in [2.75, 3.05) is 23.4 Å². The molecule has 1 atom stereocenters. The Kier molecular flexibility index (Phi) is 3.19. The fourth-order valence-electron chi connectivity index (χ4n) is 2.18. The molecule has 0 radical (unpaired) electrons. The zero-order valence-corrected chi connectivity index (χ0v) is 10.9. The van der Waals surface area contributed by atoms with Crippen LogP contribution in [-0.2, 0) is 4.79 Å². The van der Waals surface area contributed by atoms with Crippen LogP contribution in [0, 0.1) is 0 Å². The Hall–Kier alpha value is -1.36. The van der Waals surface area contributed by atoms with Crippen LogP contribution in [0.2, 0.25) is 5.28 Å². The maximum absolute atomic E-state index is 12.2. The van der Waals surface area contributed by atoms with Gasteiger partial charge in [-0.15, -0.1) is 0 Å². The fourth-order valence-corrected chi connectivity index (χ4v) is 2.31. The summed E-state index contributed by atoms with van der Waals surface area (Å²) in [5.41, 5.74) is 0.731. The standard InChI is InChI=1S/C11H15ClN4O/c1-4-7-10(17)16(5-2)8-6-13-11(12)14-9(8)15(7)3/h6-7H,4-5H2,1-3H3/t7-/m0/s1. The van der Waals surface area contributed by atoms with E-state index in [0.717, 1.165) is 17.9 Å². The van der Waals surface area contributed by atoms with Gasteiger partial charge in [-0.2, -0.15) is 4.98 Å². The lowest BCUT2D eigenvalue weighted by Crippen LogP contribution is -2.52. The minimum Gasteiger partial charge on any atom is -0.346 e. The Morgan fingerprint density at radius 1 is 1.47 bits per heavy atom. The molecule has 1 aromatic rings. The fraction of sp³-hybridized carbons (Fsp3) is 0.545. The van der Waals surface area contributed by atoms with E-state index in [1.165, 1.54) is 0 Å². The largest absolute Gasteiger partial charge is 0.346 e. The van der Waals surface area contributed by atoms with Gasteiger partial charge in [0.15, 0.2) is 5.82 Å². The summed E-state index contributed by atoms with van der Waals surface area (Å²) in [6.07, 6.45) is 2.35. The molecule has 1 aromatic heterocycles. The number of carbonyl (C=O) groups is 1. The summed E-state index contributed by atoms with van der Waals surface area (Å²) in [4.78, 5) is 24.0. The molecule has 1 aliphatic rings. The van der Waals surface area contributed by atoms with Crippen LogP contribution >= 0.6 is 11.6 Å². The van der Waals surface area contributed by atoms with Gasteiger partial charge in [0, 0.05) is 13.6 Å². The predicted molar refractivity (Wildman–Crippen MR) is 67.6 cm³/mol. The number of halogens is 1. The van der Waals surface area contributed by atoms with Crippen molar-refractivity contribution in [3.63, 3.8) is 0 Å². The van der Waals surface area contributed by atoms with Gasteiger partial charge in [0.25, 0.3) is 0 Å². The molecule has 0 saturated carbocycles. The summed E-state index contributed by atoms with van der Waals surface area (Å²) in [5, 5.41) is 0.204. The third-order valence-corrected chi connectivity index (χ3v) is 3.25. The van der Waals surface area contributed by atoms with Gasteiger partial charge in [0.2, 0.25) is 11.2 Å². The number of fused-ring (bicyclic) bond motifs is 1. The van der Waals surface area contributed by atoms with Gasteiger partial charge in [-0.25, -0.2) is 4.98 Å². The van der Waals surface area contributed by atoms with Crippen molar-refractivity contribution in [1.82, 2.24) is 9.97 Å². The average molecular weight is 255 g/mol. The summed E-state index contributed by atoms with van der Waals surface area (Å²) in [5.74, 6) is 0.814. The summed E-state index contributed by atoms with van der Waals surface area (Å²) < 4.78 is 0. The molecule has 17 heavy (non-hydrogen) atoms. The molecule has 0 saturated heterocycles. The molecule has 5 nitrogen and oxygen atoms in total. The quantitative estimate of drug-likeness (QED) is 0.754. The van der Waals surface area contributed by atoms with Gasteiger partial charge in [0.05, 0.1) is 6.20 Å². The molecule has 0 spiro atoms. The van der Waals surface area contributed by atoms with Crippen LogP contribution in [0.15, 0.2) is 6.20 Å². The highest BCUT2D eigenvalue weighted by molar-refractivity contribution is 6.28. The van der Waals surface area contributed by atoms with Crippen molar-refractivity contribution in [3.05, 3.63) is 11.5 Å². The Balaban J connectivity index is 2.55. The number of nitrogens with zero attached hydrogens (tertiary/aromatic N) is 4. The van der Waals surface area contributed by atoms with Crippen LogP contribution in [0.5, 0.6) is 0 Å². The highest BCUT2D eigenvalue weighted by Crippen LogP contribution is 2.34. The van der Waals surface area contributed by atoms with E-state index in [1.54, 1.807) is 11.1 Å². The minimum atomic E-state index is -0.173. The number of hydrogen-bond donors (Lipinski definition) is 0.